The first-order chi connectivity index (χ1) is 10.1. The summed E-state index contributed by atoms with van der Waals surface area (Å²) in [5, 5.41) is 7.30. The van der Waals surface area contributed by atoms with Crippen LogP contribution < -0.4 is 10.6 Å². The molecule has 0 fully saturated rings. The predicted molar refractivity (Wildman–Crippen MR) is 92.0 cm³/mol. The van der Waals surface area contributed by atoms with Gasteiger partial charge in [0, 0.05) is 23.8 Å². The molecule has 6 heteroatoms. The second-order valence-corrected chi connectivity index (χ2v) is 6.03. The van der Waals surface area contributed by atoms with Gasteiger partial charge in [-0.3, -0.25) is 0 Å². The van der Waals surface area contributed by atoms with Gasteiger partial charge in [-0.25, -0.2) is 4.98 Å². The van der Waals surface area contributed by atoms with E-state index in [-0.39, 0.29) is 6.04 Å². The minimum Gasteiger partial charge on any atom is -0.362 e. The Morgan fingerprint density at radius 1 is 1.29 bits per heavy atom. The standard InChI is InChI=1S/C15H18BrClN4/c1-3-8-18-15-19-9-13(16)14(21-15)20-10(2)11-4-6-12(17)7-5-11/h4-7,9-10H,3,8H2,1-2H3,(H2,18,19,20,21). The first kappa shape index (κ1) is 16.0. The lowest BCUT2D eigenvalue weighted by molar-refractivity contribution is 0.867. The zero-order valence-electron chi connectivity index (χ0n) is 12.0. The molecule has 0 spiro atoms. The fraction of sp³-hybridized carbons (Fsp3) is 0.333. The van der Waals surface area contributed by atoms with Crippen molar-refractivity contribution in [1.29, 1.82) is 0 Å². The van der Waals surface area contributed by atoms with Gasteiger partial charge in [-0.1, -0.05) is 30.7 Å². The van der Waals surface area contributed by atoms with Crippen molar-refractivity contribution < 1.29 is 0 Å². The van der Waals surface area contributed by atoms with Crippen molar-refractivity contribution in [3.05, 3.63) is 45.5 Å². The van der Waals surface area contributed by atoms with Gasteiger partial charge < -0.3 is 10.6 Å². The van der Waals surface area contributed by atoms with E-state index < -0.39 is 0 Å². The van der Waals surface area contributed by atoms with Crippen molar-refractivity contribution in [2.24, 2.45) is 0 Å². The number of nitrogens with zero attached hydrogens (tertiary/aromatic N) is 2. The molecule has 2 rings (SSSR count). The molecule has 0 aliphatic rings. The fourth-order valence-corrected chi connectivity index (χ4v) is 2.26. The summed E-state index contributed by atoms with van der Waals surface area (Å²) < 4.78 is 0.838. The summed E-state index contributed by atoms with van der Waals surface area (Å²) >= 11 is 9.39. The van der Waals surface area contributed by atoms with Crippen LogP contribution in [0.5, 0.6) is 0 Å². The molecular formula is C15H18BrClN4. The molecule has 1 heterocycles. The molecule has 0 radical (unpaired) electrons. The molecule has 0 aliphatic carbocycles. The van der Waals surface area contributed by atoms with Crippen LogP contribution in [0.25, 0.3) is 0 Å². The maximum Gasteiger partial charge on any atom is 0.224 e. The van der Waals surface area contributed by atoms with Gasteiger partial charge >= 0.3 is 0 Å². The highest BCUT2D eigenvalue weighted by molar-refractivity contribution is 9.10. The van der Waals surface area contributed by atoms with E-state index in [1.54, 1.807) is 6.20 Å². The average molecular weight is 370 g/mol. The number of rotatable bonds is 6. The van der Waals surface area contributed by atoms with E-state index in [0.29, 0.717) is 5.95 Å². The monoisotopic (exact) mass is 368 g/mol. The van der Waals surface area contributed by atoms with Crippen LogP contribution in [-0.2, 0) is 0 Å². The van der Waals surface area contributed by atoms with Crippen LogP contribution >= 0.6 is 27.5 Å². The third kappa shape index (κ3) is 4.58. The van der Waals surface area contributed by atoms with Gasteiger partial charge in [0.2, 0.25) is 5.95 Å². The SMILES string of the molecule is CCCNc1ncc(Br)c(NC(C)c2ccc(Cl)cc2)n1. The van der Waals surface area contributed by atoms with Gasteiger partial charge in [0.15, 0.2) is 0 Å². The molecule has 1 aromatic carbocycles. The molecule has 4 nitrogen and oxygen atoms in total. The summed E-state index contributed by atoms with van der Waals surface area (Å²) in [5.41, 5.74) is 1.15. The lowest BCUT2D eigenvalue weighted by atomic mass is 10.1. The molecule has 0 aliphatic heterocycles. The van der Waals surface area contributed by atoms with Gasteiger partial charge in [0.1, 0.15) is 5.82 Å². The summed E-state index contributed by atoms with van der Waals surface area (Å²) in [5.74, 6) is 1.40. The Morgan fingerprint density at radius 2 is 2.00 bits per heavy atom. The van der Waals surface area contributed by atoms with Crippen molar-refractivity contribution in [3.8, 4) is 0 Å². The summed E-state index contributed by atoms with van der Waals surface area (Å²) in [6.07, 6.45) is 2.78. The third-order valence-electron chi connectivity index (χ3n) is 3.00. The topological polar surface area (TPSA) is 49.8 Å². The Balaban J connectivity index is 2.12. The molecule has 1 atom stereocenters. The molecule has 0 saturated heterocycles. The minimum absolute atomic E-state index is 0.118. The molecule has 0 saturated carbocycles. The van der Waals surface area contributed by atoms with E-state index in [2.05, 4.69) is 50.4 Å². The number of benzene rings is 1. The Labute approximate surface area is 138 Å². The van der Waals surface area contributed by atoms with Gasteiger partial charge in [-0.2, -0.15) is 4.98 Å². The smallest absolute Gasteiger partial charge is 0.224 e. The number of halogens is 2. The highest BCUT2D eigenvalue weighted by Crippen LogP contribution is 2.25. The van der Waals surface area contributed by atoms with Gasteiger partial charge in [-0.05, 0) is 47.0 Å². The van der Waals surface area contributed by atoms with Gasteiger partial charge in [0.25, 0.3) is 0 Å². The third-order valence-corrected chi connectivity index (χ3v) is 3.83. The van der Waals surface area contributed by atoms with E-state index in [4.69, 9.17) is 11.6 Å². The zero-order chi connectivity index (χ0) is 15.2. The molecule has 2 N–H and O–H groups in total. The minimum atomic E-state index is 0.118. The largest absolute Gasteiger partial charge is 0.362 e. The van der Waals surface area contributed by atoms with Crippen LogP contribution in [-0.4, -0.2) is 16.5 Å². The second kappa shape index (κ2) is 7.61. The second-order valence-electron chi connectivity index (χ2n) is 4.73. The maximum atomic E-state index is 5.91. The summed E-state index contributed by atoms with van der Waals surface area (Å²) in [6, 6.07) is 7.90. The first-order valence-corrected chi connectivity index (χ1v) is 8.05. The normalized spacial score (nSPS) is 12.0. The number of aromatic nitrogens is 2. The summed E-state index contributed by atoms with van der Waals surface area (Å²) in [6.45, 7) is 5.04. The van der Waals surface area contributed by atoms with Crippen LogP contribution in [0.1, 0.15) is 31.9 Å². The van der Waals surface area contributed by atoms with Crippen molar-refractivity contribution >= 4 is 39.3 Å². The first-order valence-electron chi connectivity index (χ1n) is 6.88. The molecule has 2 aromatic rings. The number of hydrogen-bond donors (Lipinski definition) is 2. The number of anilines is 2. The summed E-state index contributed by atoms with van der Waals surface area (Å²) in [4.78, 5) is 8.73. The Morgan fingerprint density at radius 3 is 2.67 bits per heavy atom. The van der Waals surface area contributed by atoms with E-state index in [1.807, 2.05) is 24.3 Å². The van der Waals surface area contributed by atoms with Gasteiger partial charge in [0.05, 0.1) is 4.47 Å². The van der Waals surface area contributed by atoms with Crippen LogP contribution in [0.15, 0.2) is 34.9 Å². The van der Waals surface area contributed by atoms with Crippen molar-refractivity contribution in [2.75, 3.05) is 17.2 Å². The van der Waals surface area contributed by atoms with E-state index in [1.165, 1.54) is 0 Å². The van der Waals surface area contributed by atoms with Crippen molar-refractivity contribution in [3.63, 3.8) is 0 Å². The quantitative estimate of drug-likeness (QED) is 0.761. The molecule has 0 amide bonds. The van der Waals surface area contributed by atoms with Crippen LogP contribution in [0.2, 0.25) is 5.02 Å². The van der Waals surface area contributed by atoms with Gasteiger partial charge in [-0.15, -0.1) is 0 Å². The van der Waals surface area contributed by atoms with Crippen molar-refractivity contribution in [1.82, 2.24) is 9.97 Å². The number of hydrogen-bond acceptors (Lipinski definition) is 4. The fourth-order valence-electron chi connectivity index (χ4n) is 1.83. The molecule has 1 unspecified atom stereocenters. The average Bonchev–Trinajstić information content (AvgIpc) is 2.48. The molecule has 112 valence electrons. The van der Waals surface area contributed by atoms with Crippen LogP contribution in [0.3, 0.4) is 0 Å². The molecule has 21 heavy (non-hydrogen) atoms. The Bertz CT molecular complexity index is 589. The highest BCUT2D eigenvalue weighted by Gasteiger charge is 2.10. The van der Waals surface area contributed by atoms with Crippen molar-refractivity contribution in [2.45, 2.75) is 26.3 Å². The highest BCUT2D eigenvalue weighted by atomic mass is 79.9. The van der Waals surface area contributed by atoms with E-state index in [0.717, 1.165) is 33.8 Å². The lowest BCUT2D eigenvalue weighted by Gasteiger charge is -2.16. The Hall–Kier alpha value is -1.33. The maximum absolute atomic E-state index is 5.91. The van der Waals surface area contributed by atoms with Crippen LogP contribution in [0.4, 0.5) is 11.8 Å². The molecular weight excluding hydrogens is 352 g/mol. The predicted octanol–water partition coefficient (Wildman–Crippen LogP) is 4.89. The number of nitrogens with one attached hydrogen (secondary N) is 2. The molecule has 0 bridgehead atoms. The van der Waals surface area contributed by atoms with Crippen LogP contribution in [0, 0.1) is 0 Å². The lowest BCUT2D eigenvalue weighted by Crippen LogP contribution is -2.11. The van der Waals surface area contributed by atoms with E-state index in [9.17, 15) is 0 Å². The Kier molecular flexibility index (Phi) is 5.82. The molecule has 1 aromatic heterocycles. The zero-order valence-corrected chi connectivity index (χ0v) is 14.4. The summed E-state index contributed by atoms with van der Waals surface area (Å²) in [7, 11) is 0. The van der Waals surface area contributed by atoms with E-state index >= 15 is 0 Å².